The minimum absolute atomic E-state index is 0.208. The van der Waals surface area contributed by atoms with Crippen LogP contribution >= 0.6 is 0 Å². The number of ether oxygens (including phenoxy) is 1. The van der Waals surface area contributed by atoms with Crippen molar-refractivity contribution in [2.45, 2.75) is 32.4 Å². The van der Waals surface area contributed by atoms with Crippen LogP contribution in [0.2, 0.25) is 0 Å². The Bertz CT molecular complexity index is 383. The number of alkyl carbamates (subject to hydrolysis) is 1. The first-order chi connectivity index (χ1) is 8.78. The zero-order chi connectivity index (χ0) is 12.8. The molecule has 1 atom stereocenters. The summed E-state index contributed by atoms with van der Waals surface area (Å²) in [5.74, 6) is 0. The van der Waals surface area contributed by atoms with Crippen molar-refractivity contribution in [1.29, 1.82) is 0 Å². The number of hydrogen-bond donors (Lipinski definition) is 2. The molecule has 1 heterocycles. The Morgan fingerprint density at radius 2 is 2.11 bits per heavy atom. The molecule has 0 aliphatic carbocycles. The largest absolute Gasteiger partial charge is 0.445 e. The third kappa shape index (κ3) is 3.74. The van der Waals surface area contributed by atoms with E-state index in [0.29, 0.717) is 6.61 Å². The molecule has 0 bridgehead atoms. The van der Waals surface area contributed by atoms with Gasteiger partial charge in [0.05, 0.1) is 0 Å². The molecule has 0 radical (unpaired) electrons. The van der Waals surface area contributed by atoms with E-state index in [-0.39, 0.29) is 12.1 Å². The normalized spacial score (nSPS) is 18.6. The maximum absolute atomic E-state index is 11.5. The molecule has 1 unspecified atom stereocenters. The number of carbonyl (C=O) groups excluding carboxylic acids is 1. The highest BCUT2D eigenvalue weighted by Gasteiger charge is 2.17. The number of amides is 1. The number of aryl methyl sites for hydroxylation is 1. The molecule has 1 amide bonds. The van der Waals surface area contributed by atoms with Gasteiger partial charge in [0.15, 0.2) is 0 Å². The molecule has 4 nitrogen and oxygen atoms in total. The van der Waals surface area contributed by atoms with Gasteiger partial charge in [-0.25, -0.2) is 4.79 Å². The van der Waals surface area contributed by atoms with E-state index in [1.54, 1.807) is 0 Å². The van der Waals surface area contributed by atoms with Crippen molar-refractivity contribution in [3.63, 3.8) is 0 Å². The molecule has 4 heteroatoms. The molecule has 18 heavy (non-hydrogen) atoms. The highest BCUT2D eigenvalue weighted by molar-refractivity contribution is 5.67. The minimum atomic E-state index is -0.330. The number of rotatable bonds is 4. The Kier molecular flexibility index (Phi) is 4.59. The standard InChI is InChI=1S/C14H20N2O2/c1-2-11-3-5-12(6-4-11)10-18-14(17)16-13-7-8-15-9-13/h3-6,13,15H,2,7-10H2,1H3,(H,16,17). The van der Waals surface area contributed by atoms with E-state index in [1.807, 2.05) is 12.1 Å². The predicted molar refractivity (Wildman–Crippen MR) is 70.4 cm³/mol. The summed E-state index contributed by atoms with van der Waals surface area (Å²) in [6.07, 6.45) is 1.67. The van der Waals surface area contributed by atoms with Gasteiger partial charge >= 0.3 is 6.09 Å². The lowest BCUT2D eigenvalue weighted by Gasteiger charge is -2.11. The van der Waals surface area contributed by atoms with E-state index in [2.05, 4.69) is 29.7 Å². The van der Waals surface area contributed by atoms with Crippen LogP contribution in [0.25, 0.3) is 0 Å². The lowest BCUT2D eigenvalue weighted by molar-refractivity contribution is 0.136. The predicted octanol–water partition coefficient (Wildman–Crippen LogP) is 1.84. The van der Waals surface area contributed by atoms with Crippen LogP contribution in [0.15, 0.2) is 24.3 Å². The minimum Gasteiger partial charge on any atom is -0.445 e. The Morgan fingerprint density at radius 3 is 2.72 bits per heavy atom. The van der Waals surface area contributed by atoms with Crippen molar-refractivity contribution in [3.8, 4) is 0 Å². The van der Waals surface area contributed by atoms with Crippen LogP contribution in [0.1, 0.15) is 24.5 Å². The van der Waals surface area contributed by atoms with Crippen LogP contribution in [0.4, 0.5) is 4.79 Å². The fraction of sp³-hybridized carbons (Fsp3) is 0.500. The summed E-state index contributed by atoms with van der Waals surface area (Å²) in [6, 6.07) is 8.35. The Balaban J connectivity index is 1.74. The van der Waals surface area contributed by atoms with Crippen molar-refractivity contribution in [2.24, 2.45) is 0 Å². The number of benzene rings is 1. The van der Waals surface area contributed by atoms with Gasteiger partial charge in [0.25, 0.3) is 0 Å². The highest BCUT2D eigenvalue weighted by Crippen LogP contribution is 2.06. The number of hydrogen-bond acceptors (Lipinski definition) is 3. The summed E-state index contributed by atoms with van der Waals surface area (Å²) < 4.78 is 5.19. The van der Waals surface area contributed by atoms with Crippen molar-refractivity contribution < 1.29 is 9.53 Å². The summed E-state index contributed by atoms with van der Waals surface area (Å²) in [4.78, 5) is 11.5. The van der Waals surface area contributed by atoms with E-state index in [9.17, 15) is 4.79 Å². The molecule has 1 saturated heterocycles. The van der Waals surface area contributed by atoms with Crippen LogP contribution in [0.3, 0.4) is 0 Å². The first-order valence-electron chi connectivity index (χ1n) is 6.49. The second-order valence-electron chi connectivity index (χ2n) is 4.58. The topological polar surface area (TPSA) is 50.4 Å². The molecule has 1 aliphatic rings. The van der Waals surface area contributed by atoms with Crippen molar-refractivity contribution in [3.05, 3.63) is 35.4 Å². The maximum atomic E-state index is 11.5. The second kappa shape index (κ2) is 6.40. The number of nitrogens with one attached hydrogen (secondary N) is 2. The zero-order valence-corrected chi connectivity index (χ0v) is 10.7. The van der Waals surface area contributed by atoms with Crippen LogP contribution in [-0.2, 0) is 17.8 Å². The quantitative estimate of drug-likeness (QED) is 0.854. The molecular weight excluding hydrogens is 228 g/mol. The monoisotopic (exact) mass is 248 g/mol. The molecule has 1 aliphatic heterocycles. The smallest absolute Gasteiger partial charge is 0.407 e. The van der Waals surface area contributed by atoms with Gasteiger partial charge < -0.3 is 15.4 Å². The van der Waals surface area contributed by atoms with Gasteiger partial charge in [0.2, 0.25) is 0 Å². The average Bonchev–Trinajstić information content (AvgIpc) is 2.90. The molecular formula is C14H20N2O2. The van der Waals surface area contributed by atoms with E-state index in [0.717, 1.165) is 31.5 Å². The van der Waals surface area contributed by atoms with Crippen LogP contribution in [0, 0.1) is 0 Å². The molecule has 98 valence electrons. The van der Waals surface area contributed by atoms with Gasteiger partial charge in [-0.05, 0) is 30.5 Å². The lowest BCUT2D eigenvalue weighted by atomic mass is 10.1. The van der Waals surface area contributed by atoms with E-state index >= 15 is 0 Å². The maximum Gasteiger partial charge on any atom is 0.407 e. The fourth-order valence-corrected chi connectivity index (χ4v) is 2.01. The van der Waals surface area contributed by atoms with E-state index in [1.165, 1.54) is 5.56 Å². The van der Waals surface area contributed by atoms with Gasteiger partial charge in [-0.15, -0.1) is 0 Å². The zero-order valence-electron chi connectivity index (χ0n) is 10.7. The van der Waals surface area contributed by atoms with Gasteiger partial charge in [0.1, 0.15) is 6.61 Å². The summed E-state index contributed by atoms with van der Waals surface area (Å²) >= 11 is 0. The molecule has 0 saturated carbocycles. The van der Waals surface area contributed by atoms with Gasteiger partial charge in [0, 0.05) is 12.6 Å². The summed E-state index contributed by atoms with van der Waals surface area (Å²) in [5.41, 5.74) is 2.31. The first kappa shape index (κ1) is 12.9. The van der Waals surface area contributed by atoms with Crippen molar-refractivity contribution in [1.82, 2.24) is 10.6 Å². The Hall–Kier alpha value is -1.55. The van der Waals surface area contributed by atoms with Crippen molar-refractivity contribution in [2.75, 3.05) is 13.1 Å². The third-order valence-corrected chi connectivity index (χ3v) is 3.18. The molecule has 1 aromatic rings. The van der Waals surface area contributed by atoms with E-state index in [4.69, 9.17) is 4.74 Å². The third-order valence-electron chi connectivity index (χ3n) is 3.18. The number of carbonyl (C=O) groups is 1. The van der Waals surface area contributed by atoms with Crippen molar-refractivity contribution >= 4 is 6.09 Å². The van der Waals surface area contributed by atoms with Gasteiger partial charge in [-0.3, -0.25) is 0 Å². The fourth-order valence-electron chi connectivity index (χ4n) is 2.01. The summed E-state index contributed by atoms with van der Waals surface area (Å²) in [5, 5.41) is 6.04. The van der Waals surface area contributed by atoms with E-state index < -0.39 is 0 Å². The van der Waals surface area contributed by atoms with Crippen LogP contribution < -0.4 is 10.6 Å². The summed E-state index contributed by atoms with van der Waals surface area (Å²) in [7, 11) is 0. The molecule has 0 aromatic heterocycles. The van der Waals surface area contributed by atoms with Crippen LogP contribution in [-0.4, -0.2) is 25.2 Å². The molecule has 1 aromatic carbocycles. The molecule has 2 N–H and O–H groups in total. The van der Waals surface area contributed by atoms with Crippen LogP contribution in [0.5, 0.6) is 0 Å². The second-order valence-corrected chi connectivity index (χ2v) is 4.58. The summed E-state index contributed by atoms with van der Waals surface area (Å²) in [6.45, 7) is 4.24. The van der Waals surface area contributed by atoms with Gasteiger partial charge in [-0.1, -0.05) is 31.2 Å². The molecule has 1 fully saturated rings. The lowest BCUT2D eigenvalue weighted by Crippen LogP contribution is -2.36. The Labute approximate surface area is 108 Å². The SMILES string of the molecule is CCc1ccc(COC(=O)NC2CCNC2)cc1. The Morgan fingerprint density at radius 1 is 1.39 bits per heavy atom. The molecule has 0 spiro atoms. The first-order valence-corrected chi connectivity index (χ1v) is 6.49. The average molecular weight is 248 g/mol. The molecule has 2 rings (SSSR count). The highest BCUT2D eigenvalue weighted by atomic mass is 16.5. The van der Waals surface area contributed by atoms with Gasteiger partial charge in [-0.2, -0.15) is 0 Å².